The number of hydrogen-bond donors (Lipinski definition) is 2. The molecule has 0 unspecified atom stereocenters. The van der Waals surface area contributed by atoms with Crippen LogP contribution in [0.5, 0.6) is 0 Å². The summed E-state index contributed by atoms with van der Waals surface area (Å²) in [6.45, 7) is 9.88. The van der Waals surface area contributed by atoms with E-state index in [1.165, 1.54) is 11.3 Å². The Bertz CT molecular complexity index is 885. The van der Waals surface area contributed by atoms with Gasteiger partial charge in [0.15, 0.2) is 17.4 Å². The average molecular weight is 422 g/mol. The summed E-state index contributed by atoms with van der Waals surface area (Å²) in [5.74, 6) is -1.02. The SMILES string of the molecule is CCOC(=O)c1c(C)[nH]c(C(=O)COC(=O)c2csc(NCCC(C)C)n2)c1C. The first kappa shape index (κ1) is 22.6. The van der Waals surface area contributed by atoms with Crippen LogP contribution in [-0.4, -0.2) is 47.4 Å². The van der Waals surface area contributed by atoms with E-state index < -0.39 is 24.3 Å². The van der Waals surface area contributed by atoms with Crippen LogP contribution in [0.1, 0.15) is 69.8 Å². The summed E-state index contributed by atoms with van der Waals surface area (Å²) in [4.78, 5) is 43.8. The molecule has 0 fully saturated rings. The van der Waals surface area contributed by atoms with Crippen LogP contribution >= 0.6 is 11.3 Å². The Balaban J connectivity index is 1.96. The lowest BCUT2D eigenvalue weighted by Crippen LogP contribution is -2.16. The van der Waals surface area contributed by atoms with Crippen molar-refractivity contribution < 1.29 is 23.9 Å². The van der Waals surface area contributed by atoms with E-state index in [1.54, 1.807) is 26.2 Å². The smallest absolute Gasteiger partial charge is 0.358 e. The van der Waals surface area contributed by atoms with Gasteiger partial charge < -0.3 is 19.8 Å². The normalized spacial score (nSPS) is 10.8. The maximum atomic E-state index is 12.5. The summed E-state index contributed by atoms with van der Waals surface area (Å²) < 4.78 is 10.1. The third-order valence-corrected chi connectivity index (χ3v) is 5.04. The van der Waals surface area contributed by atoms with Gasteiger partial charge in [-0.05, 0) is 38.7 Å². The first-order valence-electron chi connectivity index (χ1n) is 9.50. The molecule has 2 heterocycles. The van der Waals surface area contributed by atoms with Gasteiger partial charge in [0, 0.05) is 17.6 Å². The maximum absolute atomic E-state index is 12.5. The third-order valence-electron chi connectivity index (χ3n) is 4.24. The fraction of sp³-hybridized carbons (Fsp3) is 0.500. The lowest BCUT2D eigenvalue weighted by Gasteiger charge is -2.05. The Hall–Kier alpha value is -2.68. The van der Waals surface area contributed by atoms with Crippen LogP contribution in [0, 0.1) is 19.8 Å². The number of aromatic nitrogens is 2. The molecule has 0 aliphatic carbocycles. The molecule has 0 aromatic carbocycles. The molecule has 9 heteroatoms. The van der Waals surface area contributed by atoms with Crippen LogP contribution in [0.25, 0.3) is 0 Å². The zero-order chi connectivity index (χ0) is 21.6. The number of Topliss-reactive ketones (excluding diaryl/α,β-unsaturated/α-hetero) is 1. The zero-order valence-electron chi connectivity index (χ0n) is 17.4. The number of nitrogens with one attached hydrogen (secondary N) is 2. The van der Waals surface area contributed by atoms with Crippen molar-refractivity contribution in [2.45, 2.75) is 41.0 Å². The first-order valence-corrected chi connectivity index (χ1v) is 10.4. The highest BCUT2D eigenvalue weighted by Gasteiger charge is 2.24. The largest absolute Gasteiger partial charge is 0.462 e. The molecule has 0 aliphatic heterocycles. The first-order chi connectivity index (χ1) is 13.7. The molecular formula is C20H27N3O5S. The second-order valence-corrected chi connectivity index (χ2v) is 7.85. The van der Waals surface area contributed by atoms with Crippen LogP contribution in [0.3, 0.4) is 0 Å². The summed E-state index contributed by atoms with van der Waals surface area (Å²) in [6, 6.07) is 0. The highest BCUT2D eigenvalue weighted by Crippen LogP contribution is 2.20. The maximum Gasteiger partial charge on any atom is 0.358 e. The minimum atomic E-state index is -0.668. The molecule has 2 rings (SSSR count). The highest BCUT2D eigenvalue weighted by atomic mass is 32.1. The van der Waals surface area contributed by atoms with Crippen molar-refractivity contribution in [3.63, 3.8) is 0 Å². The van der Waals surface area contributed by atoms with E-state index >= 15 is 0 Å². The summed E-state index contributed by atoms with van der Waals surface area (Å²) in [7, 11) is 0. The second kappa shape index (κ2) is 10.2. The number of hydrogen-bond acceptors (Lipinski definition) is 8. The van der Waals surface area contributed by atoms with Crippen LogP contribution in [-0.2, 0) is 9.47 Å². The monoisotopic (exact) mass is 421 g/mol. The van der Waals surface area contributed by atoms with E-state index in [2.05, 4.69) is 29.1 Å². The number of carbonyl (C=O) groups is 3. The van der Waals surface area contributed by atoms with Gasteiger partial charge in [-0.1, -0.05) is 13.8 Å². The summed E-state index contributed by atoms with van der Waals surface area (Å²) in [5.41, 5.74) is 1.73. The Kier molecular flexibility index (Phi) is 7.95. The molecule has 0 saturated carbocycles. The molecule has 2 aromatic heterocycles. The Labute approximate surface area is 174 Å². The van der Waals surface area contributed by atoms with Crippen LogP contribution in [0.2, 0.25) is 0 Å². The molecular weight excluding hydrogens is 394 g/mol. The molecule has 0 spiro atoms. The molecule has 0 saturated heterocycles. The quantitative estimate of drug-likeness (QED) is 0.444. The predicted molar refractivity (Wildman–Crippen MR) is 111 cm³/mol. The number of ether oxygens (including phenoxy) is 2. The number of H-pyrrole nitrogens is 1. The van der Waals surface area contributed by atoms with Gasteiger partial charge in [-0.15, -0.1) is 11.3 Å². The Morgan fingerprint density at radius 2 is 1.93 bits per heavy atom. The third kappa shape index (κ3) is 5.90. The fourth-order valence-electron chi connectivity index (χ4n) is 2.73. The van der Waals surface area contributed by atoms with E-state index in [-0.39, 0.29) is 18.0 Å². The molecule has 0 amide bonds. The van der Waals surface area contributed by atoms with Gasteiger partial charge in [-0.2, -0.15) is 0 Å². The lowest BCUT2D eigenvalue weighted by atomic mass is 10.1. The van der Waals surface area contributed by atoms with Crippen molar-refractivity contribution in [3.8, 4) is 0 Å². The number of thiazole rings is 1. The Morgan fingerprint density at radius 1 is 1.21 bits per heavy atom. The summed E-state index contributed by atoms with van der Waals surface area (Å²) >= 11 is 1.31. The summed E-state index contributed by atoms with van der Waals surface area (Å²) in [5, 5.41) is 5.39. The van der Waals surface area contributed by atoms with Gasteiger partial charge in [0.1, 0.15) is 0 Å². The van der Waals surface area contributed by atoms with E-state index in [0.29, 0.717) is 27.9 Å². The minimum Gasteiger partial charge on any atom is -0.462 e. The summed E-state index contributed by atoms with van der Waals surface area (Å²) in [6.07, 6.45) is 0.997. The fourth-order valence-corrected chi connectivity index (χ4v) is 3.44. The van der Waals surface area contributed by atoms with E-state index in [4.69, 9.17) is 9.47 Å². The highest BCUT2D eigenvalue weighted by molar-refractivity contribution is 7.13. The van der Waals surface area contributed by atoms with E-state index in [9.17, 15) is 14.4 Å². The van der Waals surface area contributed by atoms with Gasteiger partial charge in [-0.25, -0.2) is 14.6 Å². The molecule has 0 aliphatic rings. The number of aryl methyl sites for hydroxylation is 1. The van der Waals surface area contributed by atoms with Gasteiger partial charge in [0.05, 0.1) is 17.9 Å². The van der Waals surface area contributed by atoms with Crippen molar-refractivity contribution in [2.75, 3.05) is 25.1 Å². The minimum absolute atomic E-state index is 0.154. The van der Waals surface area contributed by atoms with Crippen molar-refractivity contribution in [1.29, 1.82) is 0 Å². The molecule has 2 N–H and O–H groups in total. The van der Waals surface area contributed by atoms with Gasteiger partial charge in [-0.3, -0.25) is 4.79 Å². The standard InChI is InChI=1S/C20H27N3O5S/c1-6-27-19(26)16-12(4)17(22-13(16)5)15(24)9-28-18(25)14-10-29-20(23-14)21-8-7-11(2)3/h10-11,22H,6-9H2,1-5H3,(H,21,23). The Morgan fingerprint density at radius 3 is 2.59 bits per heavy atom. The molecule has 0 radical (unpaired) electrons. The zero-order valence-corrected chi connectivity index (χ0v) is 18.2. The van der Waals surface area contributed by atoms with Crippen LogP contribution in [0.15, 0.2) is 5.38 Å². The van der Waals surface area contributed by atoms with Gasteiger partial charge in [0.25, 0.3) is 0 Å². The number of nitrogens with zero attached hydrogens (tertiary/aromatic N) is 1. The van der Waals surface area contributed by atoms with Crippen molar-refractivity contribution >= 4 is 34.2 Å². The van der Waals surface area contributed by atoms with Crippen molar-refractivity contribution in [2.24, 2.45) is 5.92 Å². The average Bonchev–Trinajstić information content (AvgIpc) is 3.24. The molecule has 29 heavy (non-hydrogen) atoms. The molecule has 2 aromatic rings. The van der Waals surface area contributed by atoms with Gasteiger partial charge in [0.2, 0.25) is 5.78 Å². The number of esters is 2. The van der Waals surface area contributed by atoms with Crippen LogP contribution < -0.4 is 5.32 Å². The number of ketones is 1. The lowest BCUT2D eigenvalue weighted by molar-refractivity contribution is 0.0467. The molecule has 0 bridgehead atoms. The topological polar surface area (TPSA) is 110 Å². The number of anilines is 1. The molecule has 0 atom stereocenters. The van der Waals surface area contributed by atoms with Crippen molar-refractivity contribution in [3.05, 3.63) is 33.6 Å². The predicted octanol–water partition coefficient (Wildman–Crippen LogP) is 3.76. The second-order valence-electron chi connectivity index (χ2n) is 6.99. The van der Waals surface area contributed by atoms with E-state index in [1.807, 2.05) is 0 Å². The van der Waals surface area contributed by atoms with Crippen LogP contribution in [0.4, 0.5) is 5.13 Å². The molecule has 158 valence electrons. The van der Waals surface area contributed by atoms with Gasteiger partial charge >= 0.3 is 11.9 Å². The van der Waals surface area contributed by atoms with E-state index in [0.717, 1.165) is 13.0 Å². The number of carbonyl (C=O) groups excluding carboxylic acids is 3. The number of rotatable bonds is 10. The number of aromatic amines is 1. The van der Waals surface area contributed by atoms with Crippen molar-refractivity contribution in [1.82, 2.24) is 9.97 Å². The molecule has 8 nitrogen and oxygen atoms in total.